The van der Waals surface area contributed by atoms with E-state index in [1.807, 2.05) is 0 Å². The number of pyridine rings is 1. The maximum atomic E-state index is 11.3. The number of nitrogen functional groups attached to an aromatic ring is 1. The minimum atomic E-state index is -0.505. The summed E-state index contributed by atoms with van der Waals surface area (Å²) in [6.45, 7) is 6.38. The third-order valence-corrected chi connectivity index (χ3v) is 3.38. The summed E-state index contributed by atoms with van der Waals surface area (Å²) < 4.78 is 0. The largest absolute Gasteiger partial charge is 0.397 e. The molecule has 1 aliphatic rings. The van der Waals surface area contributed by atoms with E-state index in [0.717, 1.165) is 18.9 Å². The Kier molecular flexibility index (Phi) is 3.41. The van der Waals surface area contributed by atoms with Crippen LogP contribution in [0.1, 0.15) is 30.6 Å². The lowest BCUT2D eigenvalue weighted by Gasteiger charge is -2.35. The van der Waals surface area contributed by atoms with Gasteiger partial charge in [-0.1, -0.05) is 13.8 Å². The molecule has 1 aromatic rings. The lowest BCUT2D eigenvalue weighted by molar-refractivity contribution is 0.100. The van der Waals surface area contributed by atoms with Crippen LogP contribution in [-0.4, -0.2) is 24.0 Å². The van der Waals surface area contributed by atoms with E-state index in [1.54, 1.807) is 6.07 Å². The van der Waals surface area contributed by atoms with Gasteiger partial charge in [0.1, 0.15) is 5.82 Å². The highest BCUT2D eigenvalue weighted by atomic mass is 16.1. The fourth-order valence-corrected chi connectivity index (χ4v) is 2.69. The van der Waals surface area contributed by atoms with Gasteiger partial charge in [0.05, 0.1) is 17.4 Å². The minimum absolute atomic E-state index is 0.337. The molecule has 1 fully saturated rings. The molecule has 0 bridgehead atoms. The first-order valence-corrected chi connectivity index (χ1v) is 6.27. The summed E-state index contributed by atoms with van der Waals surface area (Å²) in [7, 11) is 0. The van der Waals surface area contributed by atoms with Crippen LogP contribution in [0.5, 0.6) is 0 Å². The molecule has 1 aromatic heterocycles. The molecular weight excluding hydrogens is 228 g/mol. The van der Waals surface area contributed by atoms with Crippen LogP contribution in [0.4, 0.5) is 11.5 Å². The summed E-state index contributed by atoms with van der Waals surface area (Å²) in [6.07, 6.45) is 2.74. The van der Waals surface area contributed by atoms with Crippen molar-refractivity contribution < 1.29 is 4.79 Å². The molecular formula is C13H20N4O. The van der Waals surface area contributed by atoms with Gasteiger partial charge >= 0.3 is 0 Å². The second-order valence-corrected chi connectivity index (χ2v) is 5.35. The van der Waals surface area contributed by atoms with Gasteiger partial charge in [-0.2, -0.15) is 0 Å². The highest BCUT2D eigenvalue weighted by Gasteiger charge is 2.23. The number of rotatable bonds is 2. The summed E-state index contributed by atoms with van der Waals surface area (Å²) in [5.41, 5.74) is 11.7. The predicted molar refractivity (Wildman–Crippen MR) is 72.3 cm³/mol. The van der Waals surface area contributed by atoms with Gasteiger partial charge in [-0.3, -0.25) is 4.79 Å². The first-order valence-electron chi connectivity index (χ1n) is 6.27. The number of carbonyl (C=O) groups excluding carboxylic acids is 1. The SMILES string of the molecule is CC1CC(C)CN(c2cc(C(N)=O)c(N)cn2)C1. The molecule has 0 saturated carbocycles. The Hall–Kier alpha value is -1.78. The van der Waals surface area contributed by atoms with E-state index in [2.05, 4.69) is 23.7 Å². The number of anilines is 2. The molecule has 0 spiro atoms. The molecule has 98 valence electrons. The third-order valence-electron chi connectivity index (χ3n) is 3.38. The fourth-order valence-electron chi connectivity index (χ4n) is 2.69. The zero-order valence-electron chi connectivity index (χ0n) is 10.9. The molecule has 5 nitrogen and oxygen atoms in total. The molecule has 18 heavy (non-hydrogen) atoms. The van der Waals surface area contributed by atoms with Gasteiger partial charge in [0.25, 0.3) is 5.91 Å². The van der Waals surface area contributed by atoms with Gasteiger partial charge in [-0.05, 0) is 24.3 Å². The number of piperidine rings is 1. The van der Waals surface area contributed by atoms with Crippen LogP contribution in [0.3, 0.4) is 0 Å². The molecule has 5 heteroatoms. The summed E-state index contributed by atoms with van der Waals surface area (Å²) in [5, 5.41) is 0. The van der Waals surface area contributed by atoms with Crippen molar-refractivity contribution in [2.24, 2.45) is 17.6 Å². The van der Waals surface area contributed by atoms with Crippen LogP contribution in [0, 0.1) is 11.8 Å². The van der Waals surface area contributed by atoms with Gasteiger partial charge in [-0.25, -0.2) is 4.98 Å². The quantitative estimate of drug-likeness (QED) is 0.824. The highest BCUT2D eigenvalue weighted by molar-refractivity contribution is 5.98. The average molecular weight is 248 g/mol. The number of primary amides is 1. The van der Waals surface area contributed by atoms with Crippen molar-refractivity contribution in [3.8, 4) is 0 Å². The summed E-state index contributed by atoms with van der Waals surface area (Å²) >= 11 is 0. The van der Waals surface area contributed by atoms with Crippen LogP contribution < -0.4 is 16.4 Å². The van der Waals surface area contributed by atoms with E-state index in [-0.39, 0.29) is 0 Å². The van der Waals surface area contributed by atoms with E-state index in [1.165, 1.54) is 12.6 Å². The lowest BCUT2D eigenvalue weighted by Crippen LogP contribution is -2.39. The van der Waals surface area contributed by atoms with Gasteiger partial charge in [0.15, 0.2) is 0 Å². The Morgan fingerprint density at radius 3 is 2.56 bits per heavy atom. The zero-order chi connectivity index (χ0) is 13.3. The van der Waals surface area contributed by atoms with Crippen molar-refractivity contribution in [1.82, 2.24) is 4.98 Å². The van der Waals surface area contributed by atoms with Crippen molar-refractivity contribution in [2.45, 2.75) is 20.3 Å². The normalized spacial score (nSPS) is 24.0. The van der Waals surface area contributed by atoms with Gasteiger partial charge in [0, 0.05) is 13.1 Å². The van der Waals surface area contributed by atoms with Crippen LogP contribution in [0.25, 0.3) is 0 Å². The van der Waals surface area contributed by atoms with Crippen molar-refractivity contribution >= 4 is 17.4 Å². The molecule has 4 N–H and O–H groups in total. The van der Waals surface area contributed by atoms with Gasteiger partial charge in [-0.15, -0.1) is 0 Å². The van der Waals surface area contributed by atoms with E-state index in [0.29, 0.717) is 23.1 Å². The van der Waals surface area contributed by atoms with Crippen molar-refractivity contribution in [3.05, 3.63) is 17.8 Å². The average Bonchev–Trinajstić information content (AvgIpc) is 2.27. The Labute approximate surface area is 107 Å². The molecule has 1 saturated heterocycles. The molecule has 0 radical (unpaired) electrons. The van der Waals surface area contributed by atoms with E-state index >= 15 is 0 Å². The standard InChI is InChI=1S/C13H20N4O/c1-8-3-9(2)7-17(6-8)12-4-10(13(15)18)11(14)5-16-12/h4-5,8-9H,3,6-7,14H2,1-2H3,(H2,15,18). The third kappa shape index (κ3) is 2.55. The smallest absolute Gasteiger partial charge is 0.250 e. The molecule has 0 aliphatic carbocycles. The van der Waals surface area contributed by atoms with E-state index in [4.69, 9.17) is 11.5 Å². The summed E-state index contributed by atoms with van der Waals surface area (Å²) in [6, 6.07) is 1.70. The van der Waals surface area contributed by atoms with Crippen LogP contribution in [0.2, 0.25) is 0 Å². The molecule has 2 unspecified atom stereocenters. The lowest BCUT2D eigenvalue weighted by atomic mass is 9.92. The first kappa shape index (κ1) is 12.7. The maximum Gasteiger partial charge on any atom is 0.250 e. The molecule has 2 heterocycles. The Bertz CT molecular complexity index is 450. The summed E-state index contributed by atoms with van der Waals surface area (Å²) in [5.74, 6) is 1.54. The van der Waals surface area contributed by atoms with Crippen LogP contribution in [-0.2, 0) is 0 Å². The fraction of sp³-hybridized carbons (Fsp3) is 0.538. The van der Waals surface area contributed by atoms with Crippen molar-refractivity contribution in [3.63, 3.8) is 0 Å². The van der Waals surface area contributed by atoms with Crippen molar-refractivity contribution in [1.29, 1.82) is 0 Å². The molecule has 2 rings (SSSR count). The highest BCUT2D eigenvalue weighted by Crippen LogP contribution is 2.26. The molecule has 2 atom stereocenters. The number of nitrogens with two attached hydrogens (primary N) is 2. The number of hydrogen-bond acceptors (Lipinski definition) is 4. The minimum Gasteiger partial charge on any atom is -0.397 e. The van der Waals surface area contributed by atoms with E-state index in [9.17, 15) is 4.79 Å². The summed E-state index contributed by atoms with van der Waals surface area (Å²) in [4.78, 5) is 17.8. The predicted octanol–water partition coefficient (Wildman–Crippen LogP) is 1.25. The van der Waals surface area contributed by atoms with Crippen LogP contribution in [0.15, 0.2) is 12.3 Å². The molecule has 0 aromatic carbocycles. The topological polar surface area (TPSA) is 85.2 Å². The number of carbonyl (C=O) groups is 1. The Morgan fingerprint density at radius 2 is 2.00 bits per heavy atom. The number of nitrogens with zero attached hydrogens (tertiary/aromatic N) is 2. The number of hydrogen-bond donors (Lipinski definition) is 2. The second kappa shape index (κ2) is 4.84. The Balaban J connectivity index is 2.28. The zero-order valence-corrected chi connectivity index (χ0v) is 10.9. The maximum absolute atomic E-state index is 11.3. The van der Waals surface area contributed by atoms with Crippen molar-refractivity contribution in [2.75, 3.05) is 23.7 Å². The Morgan fingerprint density at radius 1 is 1.39 bits per heavy atom. The van der Waals surface area contributed by atoms with Gasteiger partial charge in [0.2, 0.25) is 0 Å². The molecule has 1 aliphatic heterocycles. The number of amides is 1. The number of aromatic nitrogens is 1. The van der Waals surface area contributed by atoms with Gasteiger partial charge < -0.3 is 16.4 Å². The second-order valence-electron chi connectivity index (χ2n) is 5.35. The molecule has 1 amide bonds. The van der Waals surface area contributed by atoms with E-state index < -0.39 is 5.91 Å². The van der Waals surface area contributed by atoms with Crippen LogP contribution >= 0.6 is 0 Å². The first-order chi connectivity index (χ1) is 8.47. The monoisotopic (exact) mass is 248 g/mol.